The molecule has 7 nitrogen and oxygen atoms in total. The van der Waals surface area contributed by atoms with E-state index in [4.69, 9.17) is 0 Å². The van der Waals surface area contributed by atoms with E-state index >= 15 is 0 Å². The maximum Gasteiger partial charge on any atom is 0.271 e. The molecule has 0 unspecified atom stereocenters. The Bertz CT molecular complexity index is 867. The fraction of sp³-hybridized carbons (Fsp3) is 0.294. The fourth-order valence-electron chi connectivity index (χ4n) is 2.78. The van der Waals surface area contributed by atoms with E-state index in [0.29, 0.717) is 13.1 Å². The van der Waals surface area contributed by atoms with Crippen molar-refractivity contribution in [2.75, 3.05) is 11.9 Å². The van der Waals surface area contributed by atoms with E-state index in [1.54, 1.807) is 16.2 Å². The van der Waals surface area contributed by atoms with E-state index in [1.165, 1.54) is 4.88 Å². The van der Waals surface area contributed by atoms with Crippen molar-refractivity contribution in [2.45, 2.75) is 25.8 Å². The monoisotopic (exact) mass is 377 g/mol. The third-order valence-electron chi connectivity index (χ3n) is 4.16. The van der Waals surface area contributed by atoms with Gasteiger partial charge in [-0.2, -0.15) is 0 Å². The summed E-state index contributed by atoms with van der Waals surface area (Å²) in [5, 5.41) is 15.0. The van der Waals surface area contributed by atoms with Gasteiger partial charge >= 0.3 is 0 Å². The van der Waals surface area contributed by atoms with Crippen molar-refractivity contribution >= 4 is 34.5 Å². The van der Waals surface area contributed by atoms with Crippen molar-refractivity contribution in [1.29, 1.82) is 0 Å². The summed E-state index contributed by atoms with van der Waals surface area (Å²) in [7, 11) is 0. The summed E-state index contributed by atoms with van der Waals surface area (Å²) in [5.41, 5.74) is 0.549. The minimum absolute atomic E-state index is 0.00184. The van der Waals surface area contributed by atoms with Crippen LogP contribution in [0.15, 0.2) is 29.6 Å². The van der Waals surface area contributed by atoms with Crippen LogP contribution in [0.4, 0.5) is 15.8 Å². The Morgan fingerprint density at radius 3 is 2.88 bits per heavy atom. The molecule has 0 spiro atoms. The first-order chi connectivity index (χ1) is 12.4. The van der Waals surface area contributed by atoms with Crippen LogP contribution in [0.3, 0.4) is 0 Å². The number of nitrogens with one attached hydrogen (secondary N) is 1. The molecule has 3 rings (SSSR count). The quantitative estimate of drug-likeness (QED) is 0.640. The molecule has 136 valence electrons. The first-order valence-corrected chi connectivity index (χ1v) is 8.89. The van der Waals surface area contributed by atoms with Crippen LogP contribution < -0.4 is 5.32 Å². The highest BCUT2D eigenvalue weighted by molar-refractivity contribution is 7.10. The number of hydrogen-bond donors (Lipinski definition) is 1. The van der Waals surface area contributed by atoms with Crippen LogP contribution in [0.2, 0.25) is 0 Å². The molecule has 26 heavy (non-hydrogen) atoms. The molecule has 0 bridgehead atoms. The molecule has 0 saturated heterocycles. The Balaban J connectivity index is 1.54. The highest BCUT2D eigenvalue weighted by Gasteiger charge is 2.22. The largest absolute Gasteiger partial charge is 0.338 e. The molecule has 2 heterocycles. The number of carbonyl (C=O) groups is 2. The molecule has 0 aliphatic carbocycles. The van der Waals surface area contributed by atoms with Crippen molar-refractivity contribution < 1.29 is 18.9 Å². The van der Waals surface area contributed by atoms with Crippen LogP contribution in [0.5, 0.6) is 0 Å². The number of nitro benzene ring substituents is 1. The van der Waals surface area contributed by atoms with E-state index in [0.717, 1.165) is 30.2 Å². The Labute approximate surface area is 152 Å². The number of nitro groups is 1. The van der Waals surface area contributed by atoms with E-state index in [1.807, 2.05) is 11.4 Å². The number of nitrogens with zero attached hydrogens (tertiary/aromatic N) is 2. The zero-order chi connectivity index (χ0) is 18.7. The lowest BCUT2D eigenvalue weighted by atomic mass is 10.1. The Kier molecular flexibility index (Phi) is 5.27. The smallest absolute Gasteiger partial charge is 0.271 e. The summed E-state index contributed by atoms with van der Waals surface area (Å²) >= 11 is 1.68. The summed E-state index contributed by atoms with van der Waals surface area (Å²) in [5.74, 6) is -1.47. The predicted octanol–water partition coefficient (Wildman–Crippen LogP) is 3.10. The number of fused-ring (bicyclic) bond motifs is 1. The van der Waals surface area contributed by atoms with Crippen LogP contribution in [0.1, 0.15) is 23.3 Å². The molecule has 1 aliphatic rings. The lowest BCUT2D eigenvalue weighted by Crippen LogP contribution is -2.35. The van der Waals surface area contributed by atoms with E-state index in [2.05, 4.69) is 5.32 Å². The van der Waals surface area contributed by atoms with Gasteiger partial charge in [0.15, 0.2) is 0 Å². The number of thiophene rings is 1. The number of anilines is 1. The van der Waals surface area contributed by atoms with Crippen LogP contribution in [-0.2, 0) is 22.6 Å². The van der Waals surface area contributed by atoms with Gasteiger partial charge in [-0.1, -0.05) is 0 Å². The first-order valence-electron chi connectivity index (χ1n) is 8.01. The summed E-state index contributed by atoms with van der Waals surface area (Å²) in [4.78, 5) is 37.3. The maximum absolute atomic E-state index is 13.7. The summed E-state index contributed by atoms with van der Waals surface area (Å²) < 4.78 is 13.7. The fourth-order valence-corrected chi connectivity index (χ4v) is 3.66. The highest BCUT2D eigenvalue weighted by Crippen LogP contribution is 2.25. The second kappa shape index (κ2) is 7.61. The Morgan fingerprint density at radius 2 is 2.12 bits per heavy atom. The number of hydrogen-bond acceptors (Lipinski definition) is 5. The number of non-ortho nitro benzene ring substituents is 1. The zero-order valence-electron chi connectivity index (χ0n) is 13.7. The van der Waals surface area contributed by atoms with Gasteiger partial charge in [-0.3, -0.25) is 19.7 Å². The minimum Gasteiger partial charge on any atom is -0.338 e. The number of rotatable bonds is 5. The van der Waals surface area contributed by atoms with Gasteiger partial charge in [-0.15, -0.1) is 11.3 Å². The van der Waals surface area contributed by atoms with Crippen molar-refractivity contribution in [1.82, 2.24) is 4.90 Å². The molecule has 2 amide bonds. The molecular formula is C17H16FN3O4S. The molecule has 0 fully saturated rings. The predicted molar refractivity (Wildman–Crippen MR) is 94.4 cm³/mol. The van der Waals surface area contributed by atoms with Crippen LogP contribution in [0, 0.1) is 15.9 Å². The first kappa shape index (κ1) is 18.0. The summed E-state index contributed by atoms with van der Waals surface area (Å²) in [6, 6.07) is 4.89. The molecule has 1 aromatic carbocycles. The van der Waals surface area contributed by atoms with Crippen LogP contribution in [-0.4, -0.2) is 28.2 Å². The summed E-state index contributed by atoms with van der Waals surface area (Å²) in [6.07, 6.45) is 0.694. The molecule has 9 heteroatoms. The standard InChI is InChI=1S/C17H16FN3O4S/c18-13-2-1-12(21(24)25)9-14(13)19-16(22)3-4-17(23)20-7-5-15-11(10-20)6-8-26-15/h1-2,6,8-9H,3-5,7,10H2,(H,19,22). The van der Waals surface area contributed by atoms with Crippen molar-refractivity contribution in [3.05, 3.63) is 56.0 Å². The molecule has 1 aliphatic heterocycles. The van der Waals surface area contributed by atoms with Gasteiger partial charge in [0.2, 0.25) is 11.8 Å². The topological polar surface area (TPSA) is 92.6 Å². The molecular weight excluding hydrogens is 361 g/mol. The van der Waals surface area contributed by atoms with Gasteiger partial charge in [0.25, 0.3) is 5.69 Å². The van der Waals surface area contributed by atoms with Gasteiger partial charge in [-0.25, -0.2) is 4.39 Å². The van der Waals surface area contributed by atoms with Gasteiger partial charge in [0.1, 0.15) is 5.82 Å². The second-order valence-electron chi connectivity index (χ2n) is 5.90. The van der Waals surface area contributed by atoms with Crippen molar-refractivity contribution in [3.63, 3.8) is 0 Å². The SMILES string of the molecule is O=C(CCC(=O)N1CCc2sccc2C1)Nc1cc([N+](=O)[O-])ccc1F. The molecule has 0 saturated carbocycles. The van der Waals surface area contributed by atoms with Gasteiger partial charge in [-0.05, 0) is 29.5 Å². The average Bonchev–Trinajstić information content (AvgIpc) is 3.09. The van der Waals surface area contributed by atoms with Crippen molar-refractivity contribution in [2.24, 2.45) is 0 Å². The van der Waals surface area contributed by atoms with Crippen LogP contribution in [0.25, 0.3) is 0 Å². The minimum atomic E-state index is -0.767. The van der Waals surface area contributed by atoms with E-state index < -0.39 is 16.6 Å². The average molecular weight is 377 g/mol. The Morgan fingerprint density at radius 1 is 1.31 bits per heavy atom. The van der Waals surface area contributed by atoms with Crippen molar-refractivity contribution in [3.8, 4) is 0 Å². The maximum atomic E-state index is 13.7. The van der Waals surface area contributed by atoms with Gasteiger partial charge in [0, 0.05) is 42.9 Å². The third kappa shape index (κ3) is 4.05. The number of benzene rings is 1. The van der Waals surface area contributed by atoms with Gasteiger partial charge < -0.3 is 10.2 Å². The number of halogens is 1. The lowest BCUT2D eigenvalue weighted by Gasteiger charge is -2.27. The normalized spacial score (nSPS) is 13.2. The van der Waals surface area contributed by atoms with E-state index in [-0.39, 0.29) is 30.1 Å². The van der Waals surface area contributed by atoms with E-state index in [9.17, 15) is 24.1 Å². The molecule has 0 atom stereocenters. The van der Waals surface area contributed by atoms with Gasteiger partial charge in [0.05, 0.1) is 10.6 Å². The zero-order valence-corrected chi connectivity index (χ0v) is 14.6. The Hall–Kier alpha value is -2.81. The molecule has 1 aromatic heterocycles. The second-order valence-corrected chi connectivity index (χ2v) is 6.90. The number of amides is 2. The third-order valence-corrected chi connectivity index (χ3v) is 5.18. The molecule has 2 aromatic rings. The molecule has 0 radical (unpaired) electrons. The summed E-state index contributed by atoms with van der Waals surface area (Å²) in [6.45, 7) is 1.16. The highest BCUT2D eigenvalue weighted by atomic mass is 32.1. The number of carbonyl (C=O) groups excluding carboxylic acids is 2. The van der Waals surface area contributed by atoms with Crippen LogP contribution >= 0.6 is 11.3 Å². The lowest BCUT2D eigenvalue weighted by molar-refractivity contribution is -0.384. The molecule has 1 N–H and O–H groups in total.